The van der Waals surface area contributed by atoms with Crippen molar-refractivity contribution < 1.29 is 5.11 Å². The molecule has 3 N–H and O–H groups in total. The monoisotopic (exact) mass is 386 g/mol. The summed E-state index contributed by atoms with van der Waals surface area (Å²) >= 11 is 0. The van der Waals surface area contributed by atoms with Gasteiger partial charge in [-0.3, -0.25) is 4.68 Å². The maximum atomic E-state index is 10.3. The van der Waals surface area contributed by atoms with Crippen molar-refractivity contribution in [2.45, 2.75) is 12.5 Å². The van der Waals surface area contributed by atoms with Crippen LogP contribution < -0.4 is 10.6 Å². The molecule has 5 rings (SSSR count). The Hall–Kier alpha value is -3.45. The van der Waals surface area contributed by atoms with Crippen LogP contribution in [0.25, 0.3) is 33.4 Å². The van der Waals surface area contributed by atoms with Crippen molar-refractivity contribution in [1.29, 1.82) is 0 Å². The van der Waals surface area contributed by atoms with Crippen molar-refractivity contribution in [3.05, 3.63) is 54.9 Å². The highest BCUT2D eigenvalue weighted by Crippen LogP contribution is 2.32. The molecule has 3 heterocycles. The summed E-state index contributed by atoms with van der Waals surface area (Å²) in [6.45, 7) is 1.91. The van der Waals surface area contributed by atoms with E-state index in [0.717, 1.165) is 47.4 Å². The molecule has 4 aromatic rings. The highest BCUT2D eigenvalue weighted by atomic mass is 16.3. The molecule has 1 saturated heterocycles. The van der Waals surface area contributed by atoms with Crippen LogP contribution in [0.5, 0.6) is 5.75 Å². The van der Waals surface area contributed by atoms with Gasteiger partial charge < -0.3 is 15.7 Å². The minimum absolute atomic E-state index is 0.170. The lowest BCUT2D eigenvalue weighted by atomic mass is 10.1. The molecule has 7 heteroatoms. The average Bonchev–Trinajstić information content (AvgIpc) is 3.39. The summed E-state index contributed by atoms with van der Waals surface area (Å²) in [7, 11) is 1.90. The Morgan fingerprint density at radius 2 is 2.03 bits per heavy atom. The molecule has 2 aromatic heterocycles. The quantitative estimate of drug-likeness (QED) is 0.499. The number of nitrogens with zero attached hydrogens (tertiary/aromatic N) is 4. The number of aromatic nitrogens is 4. The second-order valence-electron chi connectivity index (χ2n) is 7.38. The van der Waals surface area contributed by atoms with Crippen molar-refractivity contribution >= 4 is 16.7 Å². The third-order valence-corrected chi connectivity index (χ3v) is 5.28. The van der Waals surface area contributed by atoms with E-state index < -0.39 is 0 Å². The molecule has 29 heavy (non-hydrogen) atoms. The van der Waals surface area contributed by atoms with Crippen molar-refractivity contribution in [2.75, 3.05) is 18.4 Å². The molecule has 0 bridgehead atoms. The number of hydrogen-bond donors (Lipinski definition) is 3. The van der Waals surface area contributed by atoms with Crippen LogP contribution >= 0.6 is 0 Å². The van der Waals surface area contributed by atoms with Gasteiger partial charge in [-0.1, -0.05) is 18.2 Å². The smallest absolute Gasteiger partial charge is 0.165 e. The fourth-order valence-electron chi connectivity index (χ4n) is 3.74. The molecule has 0 saturated carbocycles. The number of aryl methyl sites for hydroxylation is 1. The van der Waals surface area contributed by atoms with E-state index in [4.69, 9.17) is 9.97 Å². The first kappa shape index (κ1) is 17.6. The molecule has 1 aliphatic heterocycles. The fourth-order valence-corrected chi connectivity index (χ4v) is 3.74. The number of rotatable bonds is 4. The highest BCUT2D eigenvalue weighted by molar-refractivity contribution is 5.93. The number of phenolic OH excluding ortho intramolecular Hbond substituents is 1. The molecule has 1 aliphatic rings. The van der Waals surface area contributed by atoms with Crippen molar-refractivity contribution in [3.8, 4) is 28.3 Å². The van der Waals surface area contributed by atoms with E-state index >= 15 is 0 Å². The summed E-state index contributed by atoms with van der Waals surface area (Å²) in [5.74, 6) is 1.47. The number of hydrogen-bond acceptors (Lipinski definition) is 6. The van der Waals surface area contributed by atoms with E-state index in [9.17, 15) is 5.11 Å². The summed E-state index contributed by atoms with van der Waals surface area (Å²) in [5.41, 5.74) is 3.52. The number of para-hydroxylation sites is 1. The Labute approximate surface area is 168 Å². The van der Waals surface area contributed by atoms with Crippen LogP contribution in [-0.4, -0.2) is 44.0 Å². The summed E-state index contributed by atoms with van der Waals surface area (Å²) in [4.78, 5) is 9.56. The maximum Gasteiger partial charge on any atom is 0.165 e. The first-order valence-electron chi connectivity index (χ1n) is 9.74. The van der Waals surface area contributed by atoms with E-state index in [1.807, 2.05) is 31.6 Å². The summed E-state index contributed by atoms with van der Waals surface area (Å²) in [5, 5.41) is 22.5. The van der Waals surface area contributed by atoms with Crippen LogP contribution in [0.3, 0.4) is 0 Å². The third-order valence-electron chi connectivity index (χ3n) is 5.28. The van der Waals surface area contributed by atoms with Crippen LogP contribution in [0.15, 0.2) is 54.9 Å². The minimum Gasteiger partial charge on any atom is -0.507 e. The van der Waals surface area contributed by atoms with Gasteiger partial charge >= 0.3 is 0 Å². The zero-order valence-electron chi connectivity index (χ0n) is 16.1. The third kappa shape index (κ3) is 3.40. The molecule has 2 aromatic carbocycles. The zero-order chi connectivity index (χ0) is 19.8. The largest absolute Gasteiger partial charge is 0.507 e. The molecular formula is C22H22N6O. The van der Waals surface area contributed by atoms with Crippen LogP contribution in [0.4, 0.5) is 5.82 Å². The van der Waals surface area contributed by atoms with E-state index in [2.05, 4.69) is 33.9 Å². The first-order chi connectivity index (χ1) is 14.2. The lowest BCUT2D eigenvalue weighted by molar-refractivity contribution is 0.477. The van der Waals surface area contributed by atoms with Crippen molar-refractivity contribution in [2.24, 2.45) is 7.05 Å². The van der Waals surface area contributed by atoms with Gasteiger partial charge in [-0.2, -0.15) is 5.10 Å². The summed E-state index contributed by atoms with van der Waals surface area (Å²) in [6, 6.07) is 13.7. The number of phenols is 1. The molecular weight excluding hydrogens is 364 g/mol. The number of fused-ring (bicyclic) bond motifs is 1. The number of anilines is 1. The molecule has 0 spiro atoms. The standard InChI is InChI=1S/C22H22N6O/c1-28-13-15(11-24-28)14-6-7-17-19(10-14)26-22(18-4-2-3-5-20(18)29)27-21(17)25-16-8-9-23-12-16/h2-7,10-11,13,16,23,29H,8-9,12H2,1H3,(H,25,26,27). The van der Waals surface area contributed by atoms with E-state index in [-0.39, 0.29) is 5.75 Å². The number of benzene rings is 2. The van der Waals surface area contributed by atoms with Gasteiger partial charge in [0.2, 0.25) is 0 Å². The minimum atomic E-state index is 0.170. The summed E-state index contributed by atoms with van der Waals surface area (Å²) in [6.07, 6.45) is 4.87. The predicted octanol–water partition coefficient (Wildman–Crippen LogP) is 3.18. The number of aromatic hydroxyl groups is 1. The molecule has 1 atom stereocenters. The van der Waals surface area contributed by atoms with Crippen LogP contribution in [-0.2, 0) is 7.05 Å². The highest BCUT2D eigenvalue weighted by Gasteiger charge is 2.18. The molecule has 146 valence electrons. The second-order valence-corrected chi connectivity index (χ2v) is 7.38. The van der Waals surface area contributed by atoms with Gasteiger partial charge in [-0.25, -0.2) is 9.97 Å². The molecule has 7 nitrogen and oxygen atoms in total. The Morgan fingerprint density at radius 3 is 2.79 bits per heavy atom. The normalized spacial score (nSPS) is 16.4. The Bertz CT molecular complexity index is 1180. The molecule has 0 radical (unpaired) electrons. The lowest BCUT2D eigenvalue weighted by Gasteiger charge is -2.16. The second kappa shape index (κ2) is 7.18. The zero-order valence-corrected chi connectivity index (χ0v) is 16.1. The Kier molecular flexibility index (Phi) is 4.37. The average molecular weight is 386 g/mol. The molecule has 1 fully saturated rings. The topological polar surface area (TPSA) is 87.9 Å². The van der Waals surface area contributed by atoms with Gasteiger partial charge in [0.1, 0.15) is 11.6 Å². The molecule has 1 unspecified atom stereocenters. The van der Waals surface area contributed by atoms with E-state index in [1.165, 1.54) is 0 Å². The predicted molar refractivity (Wildman–Crippen MR) is 114 cm³/mol. The maximum absolute atomic E-state index is 10.3. The SMILES string of the molecule is Cn1cc(-c2ccc3c(NC4CCNC4)nc(-c4ccccc4O)nc3c2)cn1. The summed E-state index contributed by atoms with van der Waals surface area (Å²) < 4.78 is 1.78. The van der Waals surface area contributed by atoms with Crippen molar-refractivity contribution in [3.63, 3.8) is 0 Å². The van der Waals surface area contributed by atoms with Crippen molar-refractivity contribution in [1.82, 2.24) is 25.1 Å². The van der Waals surface area contributed by atoms with Gasteiger partial charge in [-0.05, 0) is 42.8 Å². The van der Waals surface area contributed by atoms with E-state index in [0.29, 0.717) is 17.4 Å². The number of nitrogens with one attached hydrogen (secondary N) is 2. The lowest BCUT2D eigenvalue weighted by Crippen LogP contribution is -2.23. The van der Waals surface area contributed by atoms with Crippen LogP contribution in [0.2, 0.25) is 0 Å². The van der Waals surface area contributed by atoms with Gasteiger partial charge in [0.25, 0.3) is 0 Å². The van der Waals surface area contributed by atoms with Gasteiger partial charge in [0, 0.05) is 36.8 Å². The van der Waals surface area contributed by atoms with Crippen LogP contribution in [0.1, 0.15) is 6.42 Å². The Balaban J connectivity index is 1.67. The molecule has 0 amide bonds. The van der Waals surface area contributed by atoms with E-state index in [1.54, 1.807) is 16.8 Å². The Morgan fingerprint density at radius 1 is 1.14 bits per heavy atom. The fraction of sp³-hybridized carbons (Fsp3) is 0.227. The van der Waals surface area contributed by atoms with Gasteiger partial charge in [-0.15, -0.1) is 0 Å². The van der Waals surface area contributed by atoms with Gasteiger partial charge in [0.05, 0.1) is 17.3 Å². The molecule has 0 aliphatic carbocycles. The first-order valence-corrected chi connectivity index (χ1v) is 9.74. The van der Waals surface area contributed by atoms with Gasteiger partial charge in [0.15, 0.2) is 5.82 Å². The van der Waals surface area contributed by atoms with Crippen LogP contribution in [0, 0.1) is 0 Å².